The van der Waals surface area contributed by atoms with E-state index >= 15 is 0 Å². The first kappa shape index (κ1) is 10.1. The van der Waals surface area contributed by atoms with Crippen molar-refractivity contribution >= 4 is 15.9 Å². The number of benzene rings is 1. The molecule has 0 atom stereocenters. The lowest BCUT2D eigenvalue weighted by Gasteiger charge is -1.97. The highest BCUT2D eigenvalue weighted by atomic mass is 79.9. The number of hydrogen-bond donors (Lipinski definition) is 1. The van der Waals surface area contributed by atoms with E-state index in [9.17, 15) is 5.11 Å². The van der Waals surface area contributed by atoms with Gasteiger partial charge in [-0.2, -0.15) is 0 Å². The Morgan fingerprint density at radius 1 is 1.46 bits per heavy atom. The lowest BCUT2D eigenvalue weighted by atomic mass is 10.1. The van der Waals surface area contributed by atoms with Crippen molar-refractivity contribution in [2.45, 2.75) is 13.3 Å². The van der Waals surface area contributed by atoms with Gasteiger partial charge in [-0.1, -0.05) is 27.8 Å². The fourth-order valence-electron chi connectivity index (χ4n) is 0.945. The van der Waals surface area contributed by atoms with Crippen molar-refractivity contribution in [2.24, 2.45) is 0 Å². The molecule has 0 aliphatic heterocycles. The molecule has 0 bridgehead atoms. The Balaban J connectivity index is 2.81. The molecule has 2 heteroatoms. The Bertz CT molecular complexity index is 347. The second-order valence-electron chi connectivity index (χ2n) is 2.74. The molecule has 0 fully saturated rings. The van der Waals surface area contributed by atoms with Crippen molar-refractivity contribution < 1.29 is 5.11 Å². The molecule has 0 amide bonds. The first-order valence-electron chi connectivity index (χ1n) is 4.08. The molecule has 68 valence electrons. The van der Waals surface area contributed by atoms with Crippen LogP contribution >= 0.6 is 15.9 Å². The normalized spacial score (nSPS) is 9.08. The van der Waals surface area contributed by atoms with Crippen molar-refractivity contribution in [3.05, 3.63) is 29.3 Å². The minimum atomic E-state index is 0.325. The SMILES string of the molecule is Cc1cc(C#CCCBr)ccc1O. The van der Waals surface area contributed by atoms with Crippen molar-refractivity contribution in [2.75, 3.05) is 5.33 Å². The number of halogens is 1. The van der Waals surface area contributed by atoms with E-state index in [1.807, 2.05) is 19.1 Å². The van der Waals surface area contributed by atoms with Crippen LogP contribution in [0.25, 0.3) is 0 Å². The molecular weight excluding hydrogens is 228 g/mol. The Morgan fingerprint density at radius 3 is 2.85 bits per heavy atom. The van der Waals surface area contributed by atoms with Crippen LogP contribution in [0, 0.1) is 18.8 Å². The average molecular weight is 239 g/mol. The van der Waals surface area contributed by atoms with Gasteiger partial charge in [-0.25, -0.2) is 0 Å². The molecule has 1 aromatic rings. The first-order valence-corrected chi connectivity index (χ1v) is 5.20. The van der Waals surface area contributed by atoms with Crippen molar-refractivity contribution in [3.8, 4) is 17.6 Å². The quantitative estimate of drug-likeness (QED) is 0.590. The summed E-state index contributed by atoms with van der Waals surface area (Å²) in [7, 11) is 0. The van der Waals surface area contributed by atoms with Gasteiger partial charge in [0.1, 0.15) is 5.75 Å². The van der Waals surface area contributed by atoms with E-state index in [-0.39, 0.29) is 0 Å². The second-order valence-corrected chi connectivity index (χ2v) is 3.54. The van der Waals surface area contributed by atoms with Crippen LogP contribution in [0.15, 0.2) is 18.2 Å². The minimum absolute atomic E-state index is 0.325. The highest BCUT2D eigenvalue weighted by Gasteiger charge is 1.94. The summed E-state index contributed by atoms with van der Waals surface area (Å²) in [5.74, 6) is 6.37. The van der Waals surface area contributed by atoms with Crippen molar-refractivity contribution in [3.63, 3.8) is 0 Å². The largest absolute Gasteiger partial charge is 0.508 e. The maximum absolute atomic E-state index is 9.26. The van der Waals surface area contributed by atoms with Gasteiger partial charge in [0.15, 0.2) is 0 Å². The molecule has 0 aliphatic rings. The summed E-state index contributed by atoms with van der Waals surface area (Å²) in [5.41, 5.74) is 1.82. The van der Waals surface area contributed by atoms with Gasteiger partial charge in [-0.15, -0.1) is 0 Å². The highest BCUT2D eigenvalue weighted by molar-refractivity contribution is 9.09. The van der Waals surface area contributed by atoms with Gasteiger partial charge in [0.2, 0.25) is 0 Å². The molecule has 1 nitrogen and oxygen atoms in total. The summed E-state index contributed by atoms with van der Waals surface area (Å²) in [4.78, 5) is 0. The van der Waals surface area contributed by atoms with Gasteiger partial charge < -0.3 is 5.11 Å². The smallest absolute Gasteiger partial charge is 0.118 e. The number of aryl methyl sites for hydroxylation is 1. The minimum Gasteiger partial charge on any atom is -0.508 e. The zero-order valence-corrected chi connectivity index (χ0v) is 9.06. The van der Waals surface area contributed by atoms with Crippen LogP contribution in [0.5, 0.6) is 5.75 Å². The Morgan fingerprint density at radius 2 is 2.23 bits per heavy atom. The van der Waals surface area contributed by atoms with Gasteiger partial charge >= 0.3 is 0 Å². The molecule has 1 aromatic carbocycles. The van der Waals surface area contributed by atoms with Gasteiger partial charge in [0.25, 0.3) is 0 Å². The van der Waals surface area contributed by atoms with Gasteiger partial charge in [-0.3, -0.25) is 0 Å². The summed E-state index contributed by atoms with van der Waals surface area (Å²) < 4.78 is 0. The molecule has 0 heterocycles. The van der Waals surface area contributed by atoms with Crippen LogP contribution < -0.4 is 0 Å². The van der Waals surface area contributed by atoms with E-state index in [0.717, 1.165) is 22.9 Å². The van der Waals surface area contributed by atoms with Gasteiger partial charge in [0, 0.05) is 17.3 Å². The summed E-state index contributed by atoms with van der Waals surface area (Å²) in [5, 5.41) is 10.2. The number of hydrogen-bond acceptors (Lipinski definition) is 1. The summed E-state index contributed by atoms with van der Waals surface area (Å²) in [6.07, 6.45) is 0.847. The van der Waals surface area contributed by atoms with E-state index in [2.05, 4.69) is 27.8 Å². The maximum Gasteiger partial charge on any atom is 0.118 e. The Labute approximate surface area is 86.9 Å². The number of rotatable bonds is 1. The maximum atomic E-state index is 9.26. The third kappa shape index (κ3) is 3.12. The summed E-state index contributed by atoms with van der Waals surface area (Å²) in [6.45, 7) is 1.87. The standard InChI is InChI=1S/C11H11BrO/c1-9-8-10(4-2-3-7-12)5-6-11(9)13/h5-6,8,13H,3,7H2,1H3. The van der Waals surface area contributed by atoms with Crippen LogP contribution in [0.3, 0.4) is 0 Å². The van der Waals surface area contributed by atoms with Crippen LogP contribution in [-0.2, 0) is 0 Å². The number of aromatic hydroxyl groups is 1. The third-order valence-electron chi connectivity index (χ3n) is 1.65. The van der Waals surface area contributed by atoms with Crippen LogP contribution in [0.2, 0.25) is 0 Å². The zero-order valence-electron chi connectivity index (χ0n) is 7.47. The molecule has 0 aliphatic carbocycles. The van der Waals surface area contributed by atoms with E-state index in [1.54, 1.807) is 6.07 Å². The fourth-order valence-corrected chi connectivity index (χ4v) is 1.14. The predicted octanol–water partition coefficient (Wildman–Crippen LogP) is 2.84. The molecule has 0 unspecified atom stereocenters. The van der Waals surface area contributed by atoms with Crippen molar-refractivity contribution in [1.29, 1.82) is 0 Å². The topological polar surface area (TPSA) is 20.2 Å². The molecule has 1 rings (SSSR count). The summed E-state index contributed by atoms with van der Waals surface area (Å²) >= 11 is 3.31. The van der Waals surface area contributed by atoms with Crippen LogP contribution in [-0.4, -0.2) is 10.4 Å². The molecule has 1 N–H and O–H groups in total. The molecule has 0 saturated heterocycles. The molecule has 0 saturated carbocycles. The molecule has 0 aromatic heterocycles. The zero-order chi connectivity index (χ0) is 9.68. The lowest BCUT2D eigenvalue weighted by molar-refractivity contribution is 0.471. The highest BCUT2D eigenvalue weighted by Crippen LogP contribution is 2.16. The lowest BCUT2D eigenvalue weighted by Crippen LogP contribution is -1.78. The third-order valence-corrected chi connectivity index (χ3v) is 2.05. The Kier molecular flexibility index (Phi) is 3.85. The first-order chi connectivity index (χ1) is 6.24. The van der Waals surface area contributed by atoms with Gasteiger partial charge in [0.05, 0.1) is 0 Å². The number of alkyl halides is 1. The fraction of sp³-hybridized carbons (Fsp3) is 0.273. The monoisotopic (exact) mass is 238 g/mol. The van der Waals surface area contributed by atoms with Gasteiger partial charge in [-0.05, 0) is 30.7 Å². The van der Waals surface area contributed by atoms with Crippen LogP contribution in [0.1, 0.15) is 17.5 Å². The molecular formula is C11H11BrO. The van der Waals surface area contributed by atoms with Crippen molar-refractivity contribution in [1.82, 2.24) is 0 Å². The molecule has 0 radical (unpaired) electrons. The van der Waals surface area contributed by atoms with Crippen LogP contribution in [0.4, 0.5) is 0 Å². The second kappa shape index (κ2) is 4.94. The summed E-state index contributed by atoms with van der Waals surface area (Å²) in [6, 6.07) is 5.38. The van der Waals surface area contributed by atoms with E-state index in [1.165, 1.54) is 0 Å². The number of phenols is 1. The van der Waals surface area contributed by atoms with E-state index < -0.39 is 0 Å². The molecule has 13 heavy (non-hydrogen) atoms. The Hall–Kier alpha value is -0.940. The molecule has 0 spiro atoms. The predicted molar refractivity (Wildman–Crippen MR) is 58.1 cm³/mol. The number of phenolic OH excluding ortho intramolecular Hbond substituents is 1. The average Bonchev–Trinajstić information content (AvgIpc) is 2.12. The van der Waals surface area contributed by atoms with E-state index in [4.69, 9.17) is 0 Å². The van der Waals surface area contributed by atoms with E-state index in [0.29, 0.717) is 5.75 Å².